The van der Waals surface area contributed by atoms with Gasteiger partial charge in [-0.15, -0.1) is 0 Å². The Bertz CT molecular complexity index is 1170. The molecule has 5 rings (SSSR count). The van der Waals surface area contributed by atoms with Crippen molar-refractivity contribution in [2.45, 2.75) is 0 Å². The van der Waals surface area contributed by atoms with E-state index in [0.29, 0.717) is 0 Å². The first kappa shape index (κ1) is 15.7. The van der Waals surface area contributed by atoms with Gasteiger partial charge in [0.05, 0.1) is 0 Å². The maximum absolute atomic E-state index is 3.54. The topological polar surface area (TPSA) is 3.24 Å². The van der Waals surface area contributed by atoms with Crippen molar-refractivity contribution in [2.75, 3.05) is 4.90 Å². The van der Waals surface area contributed by atoms with Gasteiger partial charge in [-0.05, 0) is 70.1 Å². The molecule has 1 radical (unpaired) electrons. The van der Waals surface area contributed by atoms with Crippen molar-refractivity contribution in [1.82, 2.24) is 0 Å². The first-order valence-corrected chi connectivity index (χ1v) is 9.13. The van der Waals surface area contributed by atoms with E-state index in [2.05, 4.69) is 108 Å². The van der Waals surface area contributed by atoms with Crippen molar-refractivity contribution >= 4 is 38.6 Å². The van der Waals surface area contributed by atoms with E-state index in [1.165, 1.54) is 10.8 Å². The van der Waals surface area contributed by atoms with Gasteiger partial charge in [-0.1, -0.05) is 66.7 Å². The monoisotopic (exact) mass is 344 g/mol. The average molecular weight is 344 g/mol. The Kier molecular flexibility index (Phi) is 3.84. The standard InChI is InChI=1S/C26H18N/c1-3-11-24(12-4-1)27(25-13-5-2-6-14-25)26-16-15-22-17-20-9-7-8-10-21(20)18-23(22)19-26/h1-16,18-19H. The third kappa shape index (κ3) is 2.94. The van der Waals surface area contributed by atoms with Gasteiger partial charge >= 0.3 is 0 Å². The van der Waals surface area contributed by atoms with Crippen LogP contribution in [-0.2, 0) is 0 Å². The van der Waals surface area contributed by atoms with E-state index in [1.807, 2.05) is 12.1 Å². The molecule has 0 N–H and O–H groups in total. The molecule has 127 valence electrons. The minimum Gasteiger partial charge on any atom is -0.310 e. The molecular weight excluding hydrogens is 326 g/mol. The molecule has 0 spiro atoms. The summed E-state index contributed by atoms with van der Waals surface area (Å²) in [6, 6.07) is 41.7. The zero-order valence-electron chi connectivity index (χ0n) is 14.8. The largest absolute Gasteiger partial charge is 0.310 e. The van der Waals surface area contributed by atoms with Gasteiger partial charge in [0.1, 0.15) is 0 Å². The highest BCUT2D eigenvalue weighted by atomic mass is 15.1. The van der Waals surface area contributed by atoms with E-state index in [-0.39, 0.29) is 0 Å². The third-order valence-electron chi connectivity index (χ3n) is 4.86. The number of rotatable bonds is 3. The fourth-order valence-electron chi connectivity index (χ4n) is 3.57. The molecule has 0 fully saturated rings. The number of benzene rings is 5. The first-order valence-electron chi connectivity index (χ1n) is 9.13. The van der Waals surface area contributed by atoms with Gasteiger partial charge in [0, 0.05) is 17.1 Å². The van der Waals surface area contributed by atoms with Crippen LogP contribution < -0.4 is 4.90 Å². The number of nitrogens with zero attached hydrogens (tertiary/aromatic N) is 1. The fraction of sp³-hybridized carbons (Fsp3) is 0. The Morgan fingerprint density at radius 1 is 0.444 bits per heavy atom. The highest BCUT2D eigenvalue weighted by Gasteiger charge is 2.12. The van der Waals surface area contributed by atoms with Crippen molar-refractivity contribution in [3.05, 3.63) is 115 Å². The molecule has 0 aromatic heterocycles. The summed E-state index contributed by atoms with van der Waals surface area (Å²) in [5.41, 5.74) is 3.43. The van der Waals surface area contributed by atoms with Crippen molar-refractivity contribution < 1.29 is 0 Å². The molecule has 0 saturated heterocycles. The molecule has 27 heavy (non-hydrogen) atoms. The summed E-state index contributed by atoms with van der Waals surface area (Å²) in [4.78, 5) is 2.29. The predicted octanol–water partition coefficient (Wildman–Crippen LogP) is 7.26. The minimum absolute atomic E-state index is 1.14. The lowest BCUT2D eigenvalue weighted by Crippen LogP contribution is -2.09. The molecule has 0 unspecified atom stereocenters. The Balaban J connectivity index is 1.71. The van der Waals surface area contributed by atoms with Gasteiger partial charge in [-0.3, -0.25) is 0 Å². The predicted molar refractivity (Wildman–Crippen MR) is 115 cm³/mol. The summed E-state index contributed by atoms with van der Waals surface area (Å²) in [6.45, 7) is 0. The lowest BCUT2D eigenvalue weighted by molar-refractivity contribution is 1.29. The normalized spacial score (nSPS) is 11.0. The summed E-state index contributed by atoms with van der Waals surface area (Å²) in [5.74, 6) is 0. The summed E-state index contributed by atoms with van der Waals surface area (Å²) < 4.78 is 0. The van der Waals surface area contributed by atoms with Gasteiger partial charge < -0.3 is 4.90 Å². The molecule has 0 aliphatic heterocycles. The zero-order chi connectivity index (χ0) is 18.1. The van der Waals surface area contributed by atoms with E-state index in [1.54, 1.807) is 0 Å². The van der Waals surface area contributed by atoms with Crippen LogP contribution >= 0.6 is 0 Å². The fourth-order valence-corrected chi connectivity index (χ4v) is 3.57. The van der Waals surface area contributed by atoms with Gasteiger partial charge in [0.15, 0.2) is 0 Å². The molecule has 5 aromatic carbocycles. The number of para-hydroxylation sites is 2. The van der Waals surface area contributed by atoms with Crippen LogP contribution in [0.2, 0.25) is 0 Å². The second-order valence-electron chi connectivity index (χ2n) is 6.63. The van der Waals surface area contributed by atoms with E-state index in [0.717, 1.165) is 27.8 Å². The molecule has 1 heteroatoms. The molecule has 0 atom stereocenters. The van der Waals surface area contributed by atoms with Gasteiger partial charge in [-0.2, -0.15) is 0 Å². The molecule has 0 aliphatic carbocycles. The van der Waals surface area contributed by atoms with Crippen LogP contribution in [0.4, 0.5) is 17.1 Å². The van der Waals surface area contributed by atoms with Crippen molar-refractivity contribution in [1.29, 1.82) is 0 Å². The molecule has 0 aliphatic rings. The summed E-state index contributed by atoms with van der Waals surface area (Å²) >= 11 is 0. The zero-order valence-corrected chi connectivity index (χ0v) is 14.8. The Morgan fingerprint density at radius 2 is 1.04 bits per heavy atom. The van der Waals surface area contributed by atoms with Crippen LogP contribution in [0.5, 0.6) is 0 Å². The Morgan fingerprint density at radius 3 is 1.74 bits per heavy atom. The van der Waals surface area contributed by atoms with Gasteiger partial charge in [0.2, 0.25) is 0 Å². The molecule has 0 bridgehead atoms. The lowest BCUT2D eigenvalue weighted by Gasteiger charge is -2.25. The smallest absolute Gasteiger partial charge is 0.0468 e. The lowest BCUT2D eigenvalue weighted by atomic mass is 10.0. The maximum Gasteiger partial charge on any atom is 0.0468 e. The van der Waals surface area contributed by atoms with Crippen LogP contribution in [0.1, 0.15) is 0 Å². The Hall–Kier alpha value is -3.58. The quantitative estimate of drug-likeness (QED) is 0.311. The molecule has 5 aromatic rings. The van der Waals surface area contributed by atoms with Crippen molar-refractivity contribution in [3.8, 4) is 0 Å². The molecule has 0 saturated carbocycles. The summed E-state index contributed by atoms with van der Waals surface area (Å²) in [5, 5.41) is 4.70. The summed E-state index contributed by atoms with van der Waals surface area (Å²) in [7, 11) is 0. The molecular formula is C26H18N. The average Bonchev–Trinajstić information content (AvgIpc) is 2.74. The van der Waals surface area contributed by atoms with E-state index >= 15 is 0 Å². The van der Waals surface area contributed by atoms with Crippen LogP contribution in [0.3, 0.4) is 0 Å². The van der Waals surface area contributed by atoms with Crippen molar-refractivity contribution in [3.63, 3.8) is 0 Å². The number of hydrogen-bond acceptors (Lipinski definition) is 1. The molecule has 1 nitrogen and oxygen atoms in total. The SMILES string of the molecule is [c]1c2ccccc2cc2cc(N(c3ccccc3)c3ccccc3)ccc12. The number of fused-ring (bicyclic) bond motifs is 2. The summed E-state index contributed by atoms with van der Waals surface area (Å²) in [6.07, 6.45) is 0. The third-order valence-corrected chi connectivity index (χ3v) is 4.86. The highest BCUT2D eigenvalue weighted by Crippen LogP contribution is 2.36. The number of hydrogen-bond donors (Lipinski definition) is 0. The maximum atomic E-state index is 3.54. The van der Waals surface area contributed by atoms with Crippen LogP contribution in [0.15, 0.2) is 109 Å². The first-order chi connectivity index (χ1) is 13.4. The van der Waals surface area contributed by atoms with E-state index in [4.69, 9.17) is 0 Å². The van der Waals surface area contributed by atoms with E-state index in [9.17, 15) is 0 Å². The highest BCUT2D eigenvalue weighted by molar-refractivity contribution is 5.99. The van der Waals surface area contributed by atoms with Crippen LogP contribution in [-0.4, -0.2) is 0 Å². The van der Waals surface area contributed by atoms with Crippen LogP contribution in [0.25, 0.3) is 21.5 Å². The Labute approximate surface area is 159 Å². The van der Waals surface area contributed by atoms with Gasteiger partial charge in [-0.25, -0.2) is 0 Å². The van der Waals surface area contributed by atoms with Crippen molar-refractivity contribution in [2.24, 2.45) is 0 Å². The van der Waals surface area contributed by atoms with Gasteiger partial charge in [0.25, 0.3) is 0 Å². The molecule has 0 amide bonds. The van der Waals surface area contributed by atoms with E-state index < -0.39 is 0 Å². The second kappa shape index (κ2) is 6.62. The second-order valence-corrected chi connectivity index (χ2v) is 6.63. The molecule has 0 heterocycles. The minimum atomic E-state index is 1.14. The van der Waals surface area contributed by atoms with Crippen LogP contribution in [0, 0.1) is 6.07 Å². The number of anilines is 3.